The first-order chi connectivity index (χ1) is 19.2. The molecular weight excluding hydrogens is 520 g/mol. The minimum atomic E-state index is -3.14. The van der Waals surface area contributed by atoms with Crippen molar-refractivity contribution in [3.8, 4) is 0 Å². The second-order valence-corrected chi connectivity index (χ2v) is 10.7. The first kappa shape index (κ1) is 35.7. The first-order valence-corrected chi connectivity index (χ1v) is 15.3. The summed E-state index contributed by atoms with van der Waals surface area (Å²) in [5, 5.41) is 41.3. The van der Waals surface area contributed by atoms with Gasteiger partial charge in [0.25, 0.3) is 6.29 Å². The molecule has 0 aliphatic carbocycles. The highest BCUT2D eigenvalue weighted by molar-refractivity contribution is 5.89. The molecule has 1 rings (SSSR count). The summed E-state index contributed by atoms with van der Waals surface area (Å²) in [6.45, 7) is 4.34. The number of esters is 3. The normalized spacial score (nSPS) is 17.4. The van der Waals surface area contributed by atoms with E-state index in [1.807, 2.05) is 0 Å². The molecule has 0 amide bonds. The van der Waals surface area contributed by atoms with Gasteiger partial charge in [-0.05, 0) is 12.8 Å². The van der Waals surface area contributed by atoms with Crippen LogP contribution in [0.2, 0.25) is 0 Å². The minimum Gasteiger partial charge on any atom is -0.505 e. The number of aliphatic hydroxyl groups is 4. The van der Waals surface area contributed by atoms with E-state index < -0.39 is 47.6 Å². The van der Waals surface area contributed by atoms with Crippen LogP contribution in [-0.4, -0.2) is 56.5 Å². The predicted molar refractivity (Wildman–Crippen MR) is 149 cm³/mol. The van der Waals surface area contributed by atoms with Gasteiger partial charge in [0.2, 0.25) is 11.9 Å². The Hall–Kier alpha value is -2.33. The zero-order chi connectivity index (χ0) is 29.8. The van der Waals surface area contributed by atoms with Crippen LogP contribution in [0.3, 0.4) is 0 Å². The summed E-state index contributed by atoms with van der Waals surface area (Å²) in [7, 11) is 0. The number of carbonyl (C=O) groups excluding carboxylic acids is 3. The summed E-state index contributed by atoms with van der Waals surface area (Å²) in [5.74, 6) is -8.68. The standard InChI is InChI=1S/C30H52O10/c1-3-5-7-9-11-13-15-17-19-21-23(31)38-29(36)30(37,27-25(33)26(34)28(35)39-27)40-24(32)22-20-18-16-14-12-10-8-6-4-2/h27,29,33-34,36-37H,3-22H2,1-2H3/t27-,29?,30-/m0/s1. The molecule has 0 bridgehead atoms. The Morgan fingerprint density at radius 1 is 0.750 bits per heavy atom. The van der Waals surface area contributed by atoms with Gasteiger partial charge >= 0.3 is 23.7 Å². The number of rotatable bonds is 24. The van der Waals surface area contributed by atoms with Gasteiger partial charge in [-0.1, -0.05) is 117 Å². The summed E-state index contributed by atoms with van der Waals surface area (Å²) < 4.78 is 14.7. The largest absolute Gasteiger partial charge is 0.505 e. The third-order valence-corrected chi connectivity index (χ3v) is 7.13. The molecule has 10 heteroatoms. The lowest BCUT2D eigenvalue weighted by molar-refractivity contribution is -0.330. The highest BCUT2D eigenvalue weighted by Gasteiger charge is 2.58. The van der Waals surface area contributed by atoms with Crippen molar-refractivity contribution in [2.24, 2.45) is 0 Å². The Labute approximate surface area is 239 Å². The molecule has 0 aromatic heterocycles. The average molecular weight is 573 g/mol. The molecule has 0 aromatic carbocycles. The summed E-state index contributed by atoms with van der Waals surface area (Å²) >= 11 is 0. The second-order valence-electron chi connectivity index (χ2n) is 10.7. The van der Waals surface area contributed by atoms with Crippen molar-refractivity contribution >= 4 is 17.9 Å². The van der Waals surface area contributed by atoms with E-state index >= 15 is 0 Å². The van der Waals surface area contributed by atoms with Crippen molar-refractivity contribution in [3.63, 3.8) is 0 Å². The van der Waals surface area contributed by atoms with Crippen LogP contribution >= 0.6 is 0 Å². The van der Waals surface area contributed by atoms with E-state index in [1.54, 1.807) is 0 Å². The van der Waals surface area contributed by atoms with Crippen molar-refractivity contribution < 1.29 is 49.0 Å². The fraction of sp³-hybridized carbons (Fsp3) is 0.833. The number of carbonyl (C=O) groups is 3. The molecule has 0 fully saturated rings. The Kier molecular flexibility index (Phi) is 18.3. The molecule has 232 valence electrons. The molecule has 1 aliphatic heterocycles. The topological polar surface area (TPSA) is 160 Å². The number of aliphatic hydroxyl groups excluding tert-OH is 3. The van der Waals surface area contributed by atoms with E-state index in [4.69, 9.17) is 14.2 Å². The molecule has 0 aromatic rings. The lowest BCUT2D eigenvalue weighted by atomic mass is 10.1. The van der Waals surface area contributed by atoms with Crippen molar-refractivity contribution in [3.05, 3.63) is 11.5 Å². The second kappa shape index (κ2) is 20.5. The van der Waals surface area contributed by atoms with Crippen LogP contribution in [0.15, 0.2) is 11.5 Å². The van der Waals surface area contributed by atoms with Gasteiger partial charge in [-0.2, -0.15) is 0 Å². The molecule has 0 saturated carbocycles. The third kappa shape index (κ3) is 13.4. The van der Waals surface area contributed by atoms with Crippen molar-refractivity contribution in [2.75, 3.05) is 0 Å². The zero-order valence-corrected chi connectivity index (χ0v) is 24.5. The van der Waals surface area contributed by atoms with Crippen LogP contribution < -0.4 is 0 Å². The van der Waals surface area contributed by atoms with Gasteiger partial charge in [-0.25, -0.2) is 4.79 Å². The lowest BCUT2D eigenvalue weighted by Gasteiger charge is -2.34. The van der Waals surface area contributed by atoms with E-state index in [2.05, 4.69) is 13.8 Å². The smallest absolute Gasteiger partial charge is 0.378 e. The number of hydrogen-bond donors (Lipinski definition) is 4. The molecule has 3 atom stereocenters. The highest BCUT2D eigenvalue weighted by atomic mass is 16.7. The van der Waals surface area contributed by atoms with Crippen LogP contribution in [0.1, 0.15) is 142 Å². The van der Waals surface area contributed by atoms with E-state index in [-0.39, 0.29) is 12.8 Å². The van der Waals surface area contributed by atoms with Crippen LogP contribution in [-0.2, 0) is 28.6 Å². The predicted octanol–water partition coefficient (Wildman–Crippen LogP) is 6.17. The maximum absolute atomic E-state index is 12.5. The number of cyclic esters (lactones) is 1. The molecule has 0 spiro atoms. The van der Waals surface area contributed by atoms with Crippen molar-refractivity contribution in [2.45, 2.75) is 160 Å². The van der Waals surface area contributed by atoms with E-state index in [0.717, 1.165) is 51.4 Å². The molecule has 1 heterocycles. The van der Waals surface area contributed by atoms with Crippen LogP contribution in [0.25, 0.3) is 0 Å². The zero-order valence-electron chi connectivity index (χ0n) is 24.5. The first-order valence-electron chi connectivity index (χ1n) is 15.3. The van der Waals surface area contributed by atoms with Gasteiger partial charge in [-0.3, -0.25) is 9.59 Å². The summed E-state index contributed by atoms with van der Waals surface area (Å²) in [6.07, 6.45) is 13.6. The molecule has 0 saturated heterocycles. The van der Waals surface area contributed by atoms with Gasteiger partial charge in [0.1, 0.15) is 0 Å². The Morgan fingerprint density at radius 3 is 1.55 bits per heavy atom. The fourth-order valence-electron chi connectivity index (χ4n) is 4.62. The molecule has 4 N–H and O–H groups in total. The quantitative estimate of drug-likeness (QED) is 0.0455. The number of unbranched alkanes of at least 4 members (excludes halogenated alkanes) is 16. The van der Waals surface area contributed by atoms with E-state index in [1.165, 1.54) is 51.4 Å². The van der Waals surface area contributed by atoms with Crippen molar-refractivity contribution in [1.82, 2.24) is 0 Å². The van der Waals surface area contributed by atoms with E-state index in [9.17, 15) is 34.8 Å². The number of ether oxygens (including phenoxy) is 3. The third-order valence-electron chi connectivity index (χ3n) is 7.13. The van der Waals surface area contributed by atoms with E-state index in [0.29, 0.717) is 12.8 Å². The minimum absolute atomic E-state index is 0.0487. The molecule has 1 unspecified atom stereocenters. The van der Waals surface area contributed by atoms with Gasteiger partial charge in [0, 0.05) is 12.8 Å². The molecular formula is C30H52O10. The maximum atomic E-state index is 12.5. The van der Waals surface area contributed by atoms with Gasteiger partial charge in [0.05, 0.1) is 0 Å². The maximum Gasteiger partial charge on any atom is 0.378 e. The molecule has 10 nitrogen and oxygen atoms in total. The Balaban J connectivity index is 2.55. The summed E-state index contributed by atoms with van der Waals surface area (Å²) in [5.41, 5.74) is 0. The summed E-state index contributed by atoms with van der Waals surface area (Å²) in [6, 6.07) is 0. The van der Waals surface area contributed by atoms with Gasteiger partial charge < -0.3 is 34.6 Å². The fourth-order valence-corrected chi connectivity index (χ4v) is 4.62. The monoisotopic (exact) mass is 572 g/mol. The molecule has 1 aliphatic rings. The summed E-state index contributed by atoms with van der Waals surface area (Å²) in [4.78, 5) is 36.5. The molecule has 40 heavy (non-hydrogen) atoms. The average Bonchev–Trinajstić information content (AvgIpc) is 3.18. The number of hydrogen-bond acceptors (Lipinski definition) is 10. The Morgan fingerprint density at radius 2 is 1.15 bits per heavy atom. The lowest BCUT2D eigenvalue weighted by Crippen LogP contribution is -2.57. The van der Waals surface area contributed by atoms with Gasteiger partial charge in [0.15, 0.2) is 5.76 Å². The highest BCUT2D eigenvalue weighted by Crippen LogP contribution is 2.33. The van der Waals surface area contributed by atoms with Crippen molar-refractivity contribution in [1.29, 1.82) is 0 Å². The van der Waals surface area contributed by atoms with Crippen LogP contribution in [0, 0.1) is 0 Å². The van der Waals surface area contributed by atoms with Crippen LogP contribution in [0.5, 0.6) is 0 Å². The van der Waals surface area contributed by atoms with Gasteiger partial charge in [-0.15, -0.1) is 0 Å². The molecule has 0 radical (unpaired) electrons. The Bertz CT molecular complexity index is 780. The van der Waals surface area contributed by atoms with Crippen LogP contribution in [0.4, 0.5) is 0 Å². The SMILES string of the molecule is CCCCCCCCCCCC(=O)OC(O)[C@@](O)(OC(=O)CCCCCCCCCCC)[C@H]1OC(=O)C(O)=C1O.